The number of esters is 1. The lowest BCUT2D eigenvalue weighted by Crippen LogP contribution is -2.15. The third-order valence-corrected chi connectivity index (χ3v) is 5.20. The van der Waals surface area contributed by atoms with Gasteiger partial charge in [-0.25, -0.2) is 17.6 Å². The second-order valence-corrected chi connectivity index (χ2v) is 6.81. The molecule has 9 heteroatoms. The minimum atomic E-state index is -4.01. The molecule has 0 bridgehead atoms. The molecule has 1 aromatic carbocycles. The Balaban J connectivity index is 2.37. The summed E-state index contributed by atoms with van der Waals surface area (Å²) in [6, 6.07) is 4.68. The fourth-order valence-corrected chi connectivity index (χ4v) is 4.09. The van der Waals surface area contributed by atoms with Crippen molar-refractivity contribution in [3.63, 3.8) is 0 Å². The molecule has 2 aromatic rings. The average Bonchev–Trinajstić information content (AvgIpc) is 2.92. The monoisotopic (exact) mass is 349 g/mol. The highest BCUT2D eigenvalue weighted by atomic mass is 35.5. The molecule has 0 spiro atoms. The van der Waals surface area contributed by atoms with Gasteiger partial charge in [0.1, 0.15) is 15.6 Å². The Labute approximate surface area is 129 Å². The first-order chi connectivity index (χ1) is 9.85. The quantitative estimate of drug-likeness (QED) is 0.861. The number of nitrogens with one attached hydrogen (secondary N) is 1. The van der Waals surface area contributed by atoms with Crippen LogP contribution in [0, 0.1) is 5.82 Å². The smallest absolute Gasteiger partial charge is 0.349 e. The molecule has 0 aliphatic heterocycles. The molecule has 0 amide bonds. The van der Waals surface area contributed by atoms with Crippen LogP contribution in [0.15, 0.2) is 34.5 Å². The number of carbonyl (C=O) groups excluding carboxylic acids is 1. The fraction of sp³-hybridized carbons (Fsp3) is 0.0833. The molecule has 21 heavy (non-hydrogen) atoms. The van der Waals surface area contributed by atoms with E-state index < -0.39 is 21.8 Å². The zero-order valence-corrected chi connectivity index (χ0v) is 13.0. The maximum atomic E-state index is 13.1. The molecule has 1 aromatic heterocycles. The molecular formula is C12H9ClFNO4S2. The van der Waals surface area contributed by atoms with Crippen molar-refractivity contribution < 1.29 is 22.3 Å². The van der Waals surface area contributed by atoms with Gasteiger partial charge in [0, 0.05) is 0 Å². The molecule has 0 saturated carbocycles. The van der Waals surface area contributed by atoms with Crippen LogP contribution in [0.5, 0.6) is 0 Å². The summed E-state index contributed by atoms with van der Waals surface area (Å²) in [5.74, 6) is -1.41. The van der Waals surface area contributed by atoms with Crippen molar-refractivity contribution in [1.82, 2.24) is 0 Å². The van der Waals surface area contributed by atoms with Gasteiger partial charge in [-0.1, -0.05) is 11.6 Å². The first kappa shape index (κ1) is 15.7. The van der Waals surface area contributed by atoms with Crippen LogP contribution >= 0.6 is 22.9 Å². The van der Waals surface area contributed by atoms with E-state index in [4.69, 9.17) is 11.6 Å². The van der Waals surface area contributed by atoms with Gasteiger partial charge in [-0.2, -0.15) is 0 Å². The number of hydrogen-bond acceptors (Lipinski definition) is 5. The normalized spacial score (nSPS) is 11.2. The Kier molecular flexibility index (Phi) is 4.50. The molecule has 0 unspecified atom stereocenters. The van der Waals surface area contributed by atoms with Crippen molar-refractivity contribution in [2.24, 2.45) is 0 Å². The Hall–Kier alpha value is -1.64. The van der Waals surface area contributed by atoms with E-state index >= 15 is 0 Å². The van der Waals surface area contributed by atoms with Gasteiger partial charge < -0.3 is 4.74 Å². The zero-order chi connectivity index (χ0) is 15.6. The number of benzene rings is 1. The number of hydrogen-bond donors (Lipinski definition) is 1. The van der Waals surface area contributed by atoms with E-state index in [-0.39, 0.29) is 20.5 Å². The van der Waals surface area contributed by atoms with Crippen molar-refractivity contribution in [2.45, 2.75) is 4.90 Å². The summed E-state index contributed by atoms with van der Waals surface area (Å²) >= 11 is 6.54. The minimum absolute atomic E-state index is 0.0433. The summed E-state index contributed by atoms with van der Waals surface area (Å²) in [6.07, 6.45) is 0. The van der Waals surface area contributed by atoms with Gasteiger partial charge >= 0.3 is 5.97 Å². The van der Waals surface area contributed by atoms with Crippen LogP contribution < -0.4 is 4.72 Å². The minimum Gasteiger partial charge on any atom is -0.465 e. The largest absolute Gasteiger partial charge is 0.465 e. The molecule has 5 nitrogen and oxygen atoms in total. The van der Waals surface area contributed by atoms with Crippen LogP contribution in [0.4, 0.5) is 10.1 Å². The van der Waals surface area contributed by atoms with Crippen molar-refractivity contribution in [3.8, 4) is 0 Å². The van der Waals surface area contributed by atoms with Crippen LogP contribution in [0.3, 0.4) is 0 Å². The van der Waals surface area contributed by atoms with E-state index in [2.05, 4.69) is 9.46 Å². The number of ether oxygens (including phenoxy) is 1. The third kappa shape index (κ3) is 3.34. The molecule has 0 saturated heterocycles. The first-order valence-corrected chi connectivity index (χ1v) is 8.23. The summed E-state index contributed by atoms with van der Waals surface area (Å²) in [4.78, 5) is 11.3. The summed E-state index contributed by atoms with van der Waals surface area (Å²) in [5, 5.41) is 1.24. The molecule has 1 N–H and O–H groups in total. The van der Waals surface area contributed by atoms with Crippen molar-refractivity contribution in [3.05, 3.63) is 45.4 Å². The average molecular weight is 350 g/mol. The van der Waals surface area contributed by atoms with E-state index in [1.165, 1.54) is 17.5 Å². The van der Waals surface area contributed by atoms with E-state index in [0.717, 1.165) is 30.6 Å². The van der Waals surface area contributed by atoms with Gasteiger partial charge in [0.2, 0.25) is 0 Å². The van der Waals surface area contributed by atoms with Crippen LogP contribution in [0.1, 0.15) is 9.67 Å². The summed E-state index contributed by atoms with van der Waals surface area (Å²) in [6.45, 7) is 0. The molecule has 1 heterocycles. The number of halogens is 2. The first-order valence-electron chi connectivity index (χ1n) is 5.49. The van der Waals surface area contributed by atoms with Gasteiger partial charge in [0.25, 0.3) is 10.0 Å². The lowest BCUT2D eigenvalue weighted by atomic mass is 10.3. The van der Waals surface area contributed by atoms with E-state index in [1.54, 1.807) is 0 Å². The number of carbonyl (C=O) groups is 1. The SMILES string of the molecule is COC(=O)c1sccc1S(=O)(=O)Nc1ccc(F)c(Cl)c1. The van der Waals surface area contributed by atoms with Crippen molar-refractivity contribution >= 4 is 44.6 Å². The van der Waals surface area contributed by atoms with Crippen LogP contribution in [-0.4, -0.2) is 21.5 Å². The standard InChI is InChI=1S/C12H9ClFNO4S2/c1-19-12(16)11-10(4-5-20-11)21(17,18)15-7-2-3-9(14)8(13)6-7/h2-6,15H,1H3. The highest BCUT2D eigenvalue weighted by molar-refractivity contribution is 7.93. The van der Waals surface area contributed by atoms with E-state index in [1.807, 2.05) is 0 Å². The summed E-state index contributed by atoms with van der Waals surface area (Å²) in [5.41, 5.74) is 0.0865. The number of sulfonamides is 1. The van der Waals surface area contributed by atoms with Crippen LogP contribution in [-0.2, 0) is 14.8 Å². The molecule has 0 radical (unpaired) electrons. The van der Waals surface area contributed by atoms with Crippen molar-refractivity contribution in [1.29, 1.82) is 0 Å². The fourth-order valence-electron chi connectivity index (χ4n) is 1.52. The van der Waals surface area contributed by atoms with Gasteiger partial charge in [-0.15, -0.1) is 11.3 Å². The number of rotatable bonds is 4. The maximum absolute atomic E-state index is 13.1. The molecule has 0 aliphatic rings. The highest BCUT2D eigenvalue weighted by Crippen LogP contribution is 2.26. The molecule has 112 valence electrons. The lowest BCUT2D eigenvalue weighted by molar-refractivity contribution is 0.0602. The lowest BCUT2D eigenvalue weighted by Gasteiger charge is -2.08. The van der Waals surface area contributed by atoms with Gasteiger partial charge in [0.05, 0.1) is 17.8 Å². The Bertz CT molecular complexity index is 788. The van der Waals surface area contributed by atoms with Crippen LogP contribution in [0.2, 0.25) is 5.02 Å². The third-order valence-electron chi connectivity index (χ3n) is 2.46. The molecule has 0 atom stereocenters. The van der Waals surface area contributed by atoms with Crippen LogP contribution in [0.25, 0.3) is 0 Å². The highest BCUT2D eigenvalue weighted by Gasteiger charge is 2.24. The maximum Gasteiger partial charge on any atom is 0.349 e. The predicted molar refractivity (Wildman–Crippen MR) is 77.9 cm³/mol. The Morgan fingerprint density at radius 3 is 2.71 bits per heavy atom. The molecular weight excluding hydrogens is 341 g/mol. The predicted octanol–water partition coefficient (Wildman–Crippen LogP) is 3.13. The Morgan fingerprint density at radius 2 is 2.10 bits per heavy atom. The van der Waals surface area contributed by atoms with Gasteiger partial charge in [-0.3, -0.25) is 4.72 Å². The number of thiophene rings is 1. The molecule has 2 rings (SSSR count). The second kappa shape index (κ2) is 6.00. The van der Waals surface area contributed by atoms with E-state index in [0.29, 0.717) is 0 Å². The van der Waals surface area contributed by atoms with Crippen molar-refractivity contribution in [2.75, 3.05) is 11.8 Å². The molecule has 0 aliphatic carbocycles. The summed E-state index contributed by atoms with van der Waals surface area (Å²) in [7, 11) is -2.85. The van der Waals surface area contributed by atoms with Gasteiger partial charge in [-0.05, 0) is 29.6 Å². The topological polar surface area (TPSA) is 72.5 Å². The molecule has 0 fully saturated rings. The summed E-state index contributed by atoms with van der Waals surface area (Å²) < 4.78 is 44.3. The van der Waals surface area contributed by atoms with E-state index in [9.17, 15) is 17.6 Å². The number of methoxy groups -OCH3 is 1. The Morgan fingerprint density at radius 1 is 1.38 bits per heavy atom. The van der Waals surface area contributed by atoms with Gasteiger partial charge in [0.15, 0.2) is 0 Å². The zero-order valence-electron chi connectivity index (χ0n) is 10.6. The second-order valence-electron chi connectivity index (χ2n) is 3.84. The number of anilines is 1.